The van der Waals surface area contributed by atoms with E-state index in [9.17, 15) is 10.5 Å². The van der Waals surface area contributed by atoms with Crippen molar-refractivity contribution in [1.82, 2.24) is 9.13 Å². The van der Waals surface area contributed by atoms with Crippen LogP contribution in [0.3, 0.4) is 0 Å². The molecule has 0 N–H and O–H groups in total. The van der Waals surface area contributed by atoms with Crippen LogP contribution in [0.15, 0.2) is 158 Å². The molecule has 0 radical (unpaired) electrons. The Morgan fingerprint density at radius 2 is 0.833 bits per heavy atom. The Hall–Kier alpha value is -6.88. The molecule has 2 heterocycles. The second-order valence-electron chi connectivity index (χ2n) is 12.0. The van der Waals surface area contributed by atoms with E-state index >= 15 is 0 Å². The fourth-order valence-electron chi connectivity index (χ4n) is 7.34. The molecule has 4 nitrogen and oxygen atoms in total. The lowest BCUT2D eigenvalue weighted by molar-refractivity contribution is 1.15. The van der Waals surface area contributed by atoms with Gasteiger partial charge in [0, 0.05) is 38.5 Å². The maximum Gasteiger partial charge on any atom is 0.0998 e. The van der Waals surface area contributed by atoms with Crippen molar-refractivity contribution in [2.75, 3.05) is 0 Å². The summed E-state index contributed by atoms with van der Waals surface area (Å²) in [6.45, 7) is 0. The third-order valence-electron chi connectivity index (χ3n) is 9.38. The van der Waals surface area contributed by atoms with E-state index in [0.717, 1.165) is 55.3 Å². The minimum absolute atomic E-state index is 0.481. The Morgan fingerprint density at radius 3 is 1.40 bits per heavy atom. The highest BCUT2D eigenvalue weighted by molar-refractivity contribution is 6.23. The van der Waals surface area contributed by atoms with Crippen molar-refractivity contribution >= 4 is 43.6 Å². The monoisotopic (exact) mass is 610 g/mol. The molecule has 0 atom stereocenters. The van der Waals surface area contributed by atoms with Crippen molar-refractivity contribution in [3.05, 3.63) is 169 Å². The maximum absolute atomic E-state index is 9.99. The fourth-order valence-corrected chi connectivity index (χ4v) is 7.34. The van der Waals surface area contributed by atoms with Crippen LogP contribution >= 0.6 is 0 Å². The highest BCUT2D eigenvalue weighted by Gasteiger charge is 2.22. The van der Waals surface area contributed by atoms with Gasteiger partial charge in [0.05, 0.1) is 45.3 Å². The predicted molar refractivity (Wildman–Crippen MR) is 195 cm³/mol. The molecule has 0 bridgehead atoms. The van der Waals surface area contributed by atoms with E-state index in [1.54, 1.807) is 18.2 Å². The number of nitriles is 2. The molecule has 4 heteroatoms. The van der Waals surface area contributed by atoms with Gasteiger partial charge < -0.3 is 9.13 Å². The smallest absolute Gasteiger partial charge is 0.0998 e. The second-order valence-corrected chi connectivity index (χ2v) is 12.0. The Morgan fingerprint density at radius 1 is 0.375 bits per heavy atom. The maximum atomic E-state index is 9.99. The van der Waals surface area contributed by atoms with Gasteiger partial charge in [-0.2, -0.15) is 10.5 Å². The molecule has 0 aliphatic heterocycles. The summed E-state index contributed by atoms with van der Waals surface area (Å²) in [6.07, 6.45) is 0. The van der Waals surface area contributed by atoms with E-state index in [1.807, 2.05) is 18.2 Å². The van der Waals surface area contributed by atoms with Gasteiger partial charge in [0.1, 0.15) is 0 Å². The highest BCUT2D eigenvalue weighted by Crippen LogP contribution is 2.42. The number of hydrogen-bond donors (Lipinski definition) is 0. The summed E-state index contributed by atoms with van der Waals surface area (Å²) >= 11 is 0. The van der Waals surface area contributed by atoms with Crippen molar-refractivity contribution in [2.45, 2.75) is 0 Å². The van der Waals surface area contributed by atoms with E-state index in [-0.39, 0.29) is 0 Å². The summed E-state index contributed by atoms with van der Waals surface area (Å²) in [4.78, 5) is 0. The van der Waals surface area contributed by atoms with Gasteiger partial charge in [0.25, 0.3) is 0 Å². The number of para-hydroxylation sites is 2. The molecule has 2 aromatic heterocycles. The fraction of sp³-hybridized carbons (Fsp3) is 0. The summed E-state index contributed by atoms with van der Waals surface area (Å²) in [7, 11) is 0. The highest BCUT2D eigenvalue weighted by atomic mass is 15.0. The Labute approximate surface area is 277 Å². The van der Waals surface area contributed by atoms with Crippen LogP contribution in [0.1, 0.15) is 11.1 Å². The molecule has 0 amide bonds. The normalized spacial score (nSPS) is 11.3. The molecular formula is C44H26N4. The number of fused-ring (bicyclic) bond motifs is 7. The number of nitrogens with zero attached hydrogens (tertiary/aromatic N) is 4. The molecule has 48 heavy (non-hydrogen) atoms. The lowest BCUT2D eigenvalue weighted by atomic mass is 9.95. The van der Waals surface area contributed by atoms with Crippen molar-refractivity contribution in [3.8, 4) is 45.8 Å². The van der Waals surface area contributed by atoms with Crippen LogP contribution in [-0.4, -0.2) is 9.13 Å². The molecule has 0 aliphatic carbocycles. The largest absolute Gasteiger partial charge is 0.307 e. The molecule has 9 rings (SSSR count). The molecular weight excluding hydrogens is 585 g/mol. The van der Waals surface area contributed by atoms with Gasteiger partial charge in [-0.05, 0) is 65.2 Å². The van der Waals surface area contributed by atoms with Crippen LogP contribution in [0.25, 0.3) is 77.2 Å². The second kappa shape index (κ2) is 10.9. The van der Waals surface area contributed by atoms with Crippen LogP contribution in [0.5, 0.6) is 0 Å². The summed E-state index contributed by atoms with van der Waals surface area (Å²) in [6, 6.07) is 59.0. The molecule has 0 aliphatic rings. The van der Waals surface area contributed by atoms with Gasteiger partial charge in [-0.3, -0.25) is 0 Å². The number of benzene rings is 7. The molecule has 0 unspecified atom stereocenters. The summed E-state index contributed by atoms with van der Waals surface area (Å²) in [5, 5.41) is 24.6. The van der Waals surface area contributed by atoms with Crippen LogP contribution in [0.2, 0.25) is 0 Å². The van der Waals surface area contributed by atoms with Crippen molar-refractivity contribution < 1.29 is 0 Å². The van der Waals surface area contributed by atoms with Crippen LogP contribution in [0, 0.1) is 22.7 Å². The minimum atomic E-state index is 0.481. The predicted octanol–water partition coefficient (Wildman–Crippen LogP) is 11.0. The molecule has 222 valence electrons. The molecule has 9 aromatic rings. The van der Waals surface area contributed by atoms with Gasteiger partial charge in [0.2, 0.25) is 0 Å². The topological polar surface area (TPSA) is 57.4 Å². The zero-order valence-corrected chi connectivity index (χ0v) is 25.8. The first kappa shape index (κ1) is 27.4. The number of hydrogen-bond acceptors (Lipinski definition) is 2. The van der Waals surface area contributed by atoms with E-state index in [1.165, 1.54) is 16.3 Å². The van der Waals surface area contributed by atoms with Crippen LogP contribution in [-0.2, 0) is 0 Å². The van der Waals surface area contributed by atoms with Crippen molar-refractivity contribution in [2.24, 2.45) is 0 Å². The average Bonchev–Trinajstić information content (AvgIpc) is 3.68. The van der Waals surface area contributed by atoms with Crippen molar-refractivity contribution in [3.63, 3.8) is 0 Å². The minimum Gasteiger partial charge on any atom is -0.307 e. The van der Waals surface area contributed by atoms with Gasteiger partial charge in [-0.25, -0.2) is 0 Å². The molecule has 7 aromatic carbocycles. The quantitative estimate of drug-likeness (QED) is 0.199. The first-order valence-corrected chi connectivity index (χ1v) is 15.9. The zero-order valence-electron chi connectivity index (χ0n) is 25.8. The van der Waals surface area contributed by atoms with Crippen molar-refractivity contribution in [1.29, 1.82) is 10.5 Å². The summed E-state index contributed by atoms with van der Waals surface area (Å²) in [5.74, 6) is 0. The Balaban J connectivity index is 1.41. The molecule has 0 spiro atoms. The first-order chi connectivity index (χ1) is 23.7. The molecule has 0 fully saturated rings. The van der Waals surface area contributed by atoms with Gasteiger partial charge in [0.15, 0.2) is 0 Å². The molecule has 0 saturated heterocycles. The third-order valence-corrected chi connectivity index (χ3v) is 9.38. The average molecular weight is 611 g/mol. The standard InChI is InChI=1S/C44H26N4/c45-27-32-15-8-16-33(28-46)42(32)31-14-10-18-35(26-31)48-41-22-7-5-20-37(41)39-24-23-38-36-19-4-6-21-40(36)47(43(38)44(39)48)34-17-9-13-30(25-34)29-11-2-1-3-12-29/h1-26H. The number of aromatic nitrogens is 2. The van der Waals surface area contributed by atoms with Gasteiger partial charge in [-0.15, -0.1) is 0 Å². The first-order valence-electron chi connectivity index (χ1n) is 15.9. The Bertz CT molecular complexity index is 2770. The SMILES string of the molecule is N#Cc1cccc(C#N)c1-c1cccc(-n2c3ccccc3c3ccc4c5ccccc5n(-c5cccc(-c6ccccc6)c5)c4c32)c1. The van der Waals surface area contributed by atoms with E-state index in [4.69, 9.17) is 0 Å². The van der Waals surface area contributed by atoms with Gasteiger partial charge in [-0.1, -0.05) is 109 Å². The van der Waals surface area contributed by atoms with Crippen LogP contribution < -0.4 is 0 Å². The third kappa shape index (κ3) is 4.07. The molecule has 0 saturated carbocycles. The van der Waals surface area contributed by atoms with E-state index < -0.39 is 0 Å². The Kier molecular flexibility index (Phi) is 6.22. The van der Waals surface area contributed by atoms with Gasteiger partial charge >= 0.3 is 0 Å². The van der Waals surface area contributed by atoms with E-state index in [0.29, 0.717) is 16.7 Å². The lowest BCUT2D eigenvalue weighted by Gasteiger charge is -2.15. The summed E-state index contributed by atoms with van der Waals surface area (Å²) < 4.78 is 4.74. The van der Waals surface area contributed by atoms with E-state index in [2.05, 4.69) is 143 Å². The zero-order chi connectivity index (χ0) is 32.2. The lowest BCUT2D eigenvalue weighted by Crippen LogP contribution is -1.99. The summed E-state index contributed by atoms with van der Waals surface area (Å²) in [5.41, 5.74) is 11.3. The number of rotatable bonds is 4. The van der Waals surface area contributed by atoms with Crippen LogP contribution in [0.4, 0.5) is 0 Å².